The predicted octanol–water partition coefficient (Wildman–Crippen LogP) is 8.34. The van der Waals surface area contributed by atoms with Crippen LogP contribution in [0.5, 0.6) is 0 Å². The fraction of sp³-hybridized carbons (Fsp3) is 0.758. The highest BCUT2D eigenvalue weighted by atomic mass is 16.7. The van der Waals surface area contributed by atoms with Gasteiger partial charge in [0.15, 0.2) is 0 Å². The van der Waals surface area contributed by atoms with Gasteiger partial charge in [0.05, 0.1) is 11.2 Å². The third kappa shape index (κ3) is 9.43. The van der Waals surface area contributed by atoms with Crippen molar-refractivity contribution in [2.24, 2.45) is 10.8 Å². The van der Waals surface area contributed by atoms with Crippen LogP contribution in [0.2, 0.25) is 6.32 Å². The summed E-state index contributed by atoms with van der Waals surface area (Å²) in [4.78, 5) is 23.6. The molecule has 0 spiro atoms. The normalized spacial score (nSPS) is 21.2. The maximum absolute atomic E-state index is 13.3. The monoisotopic (exact) mass is 570 g/mol. The second kappa shape index (κ2) is 13.4. The molecule has 3 rings (SSSR count). The van der Waals surface area contributed by atoms with Crippen molar-refractivity contribution < 1.29 is 23.6 Å². The highest BCUT2D eigenvalue weighted by molar-refractivity contribution is 6.45. The average Bonchev–Trinajstić information content (AvgIpc) is 3.04. The Morgan fingerprint density at radius 2 is 1.54 bits per heavy atom. The Bertz CT molecular complexity index is 1040. The van der Waals surface area contributed by atoms with Gasteiger partial charge in [-0.05, 0) is 102 Å². The van der Waals surface area contributed by atoms with Crippen LogP contribution in [0.15, 0.2) is 24.3 Å². The minimum Gasteiger partial charge on any atom is -0.444 e. The van der Waals surface area contributed by atoms with Crippen molar-refractivity contribution in [3.8, 4) is 0 Å². The molecule has 0 aliphatic carbocycles. The number of nitrogens with zero attached hydrogens (tertiary/aromatic N) is 1. The zero-order valence-electron chi connectivity index (χ0n) is 27.6. The summed E-state index contributed by atoms with van der Waals surface area (Å²) in [5.74, 6) is 0. The molecule has 2 unspecified atom stereocenters. The number of amides is 1. The SMILES string of the molecule is CC(C)(C)OC(=O)N1Cc2ccccc2CC1CCC(C)(CCCCB1OC(C)(C)C(C)(C)O1)C(C)(C)C.N=C=O. The van der Waals surface area contributed by atoms with Crippen LogP contribution >= 0.6 is 0 Å². The van der Waals surface area contributed by atoms with E-state index in [1.165, 1.54) is 11.1 Å². The van der Waals surface area contributed by atoms with Crippen LogP contribution in [0.25, 0.3) is 0 Å². The van der Waals surface area contributed by atoms with Gasteiger partial charge in [0.2, 0.25) is 6.08 Å². The summed E-state index contributed by atoms with van der Waals surface area (Å²) in [6.07, 6.45) is 7.78. The fourth-order valence-electron chi connectivity index (χ4n) is 5.65. The van der Waals surface area contributed by atoms with Gasteiger partial charge in [0.25, 0.3) is 0 Å². The van der Waals surface area contributed by atoms with Gasteiger partial charge in [0, 0.05) is 12.6 Å². The van der Waals surface area contributed by atoms with E-state index in [0.29, 0.717) is 6.54 Å². The minimum absolute atomic E-state index is 0.120. The van der Waals surface area contributed by atoms with E-state index in [-0.39, 0.29) is 41.3 Å². The van der Waals surface area contributed by atoms with Crippen molar-refractivity contribution in [1.29, 1.82) is 5.41 Å². The third-order valence-electron chi connectivity index (χ3n) is 9.54. The second-order valence-corrected chi connectivity index (χ2v) is 15.1. The Kier molecular flexibility index (Phi) is 11.5. The van der Waals surface area contributed by atoms with Crippen LogP contribution in [-0.4, -0.2) is 47.0 Å². The number of fused-ring (bicyclic) bond motifs is 1. The fourth-order valence-corrected chi connectivity index (χ4v) is 5.65. The number of isocyanates is 1. The lowest BCUT2D eigenvalue weighted by Gasteiger charge is -2.45. The molecule has 2 atom stereocenters. The van der Waals surface area contributed by atoms with E-state index in [1.807, 2.05) is 25.7 Å². The van der Waals surface area contributed by atoms with Crippen molar-refractivity contribution in [3.05, 3.63) is 35.4 Å². The summed E-state index contributed by atoms with van der Waals surface area (Å²) in [6, 6.07) is 8.67. The molecular weight excluding hydrogens is 515 g/mol. The Morgan fingerprint density at radius 3 is 2.05 bits per heavy atom. The van der Waals surface area contributed by atoms with Gasteiger partial charge in [-0.25, -0.2) is 15.0 Å². The molecule has 2 aliphatic heterocycles. The van der Waals surface area contributed by atoms with Gasteiger partial charge in [0.1, 0.15) is 5.60 Å². The van der Waals surface area contributed by atoms with Gasteiger partial charge in [-0.1, -0.05) is 64.8 Å². The molecule has 1 fully saturated rings. The molecule has 2 heterocycles. The number of nitrogens with one attached hydrogen (secondary N) is 1. The van der Waals surface area contributed by atoms with Gasteiger partial charge in [-0.2, -0.15) is 0 Å². The number of unbranched alkanes of at least 4 members (excludes halogenated alkanes) is 1. The standard InChI is InChI=1S/C32H54BNO4.CHNO/c1-28(2,3)32(11,19-14-15-21-33-37-30(7,8)31(9,10)38-33)20-18-26-22-24-16-12-13-17-25(24)23-34(26)27(35)36-29(4,5)6;2-1-3/h12-13,16-17,26H,14-15,18-23H2,1-11H3;2H. The number of hydrogen-bond donors (Lipinski definition) is 1. The van der Waals surface area contributed by atoms with Crippen molar-refractivity contribution in [1.82, 2.24) is 4.90 Å². The maximum atomic E-state index is 13.3. The van der Waals surface area contributed by atoms with Gasteiger partial charge in [-0.15, -0.1) is 0 Å². The second-order valence-electron chi connectivity index (χ2n) is 15.1. The first-order valence-electron chi connectivity index (χ1n) is 15.2. The molecule has 41 heavy (non-hydrogen) atoms. The van der Waals surface area contributed by atoms with Gasteiger partial charge in [-0.3, -0.25) is 0 Å². The zero-order valence-corrected chi connectivity index (χ0v) is 27.6. The van der Waals surface area contributed by atoms with Crippen molar-refractivity contribution in [2.45, 2.75) is 150 Å². The number of rotatable bonds is 8. The molecule has 1 N–H and O–H groups in total. The van der Waals surface area contributed by atoms with Crippen LogP contribution in [0, 0.1) is 16.2 Å². The van der Waals surface area contributed by atoms with Gasteiger partial charge >= 0.3 is 13.2 Å². The largest absolute Gasteiger partial charge is 0.457 e. The zero-order chi connectivity index (χ0) is 31.3. The van der Waals surface area contributed by atoms with Crippen molar-refractivity contribution in [2.75, 3.05) is 0 Å². The molecule has 0 aromatic heterocycles. The van der Waals surface area contributed by atoms with Crippen LogP contribution in [-0.2, 0) is 31.8 Å². The van der Waals surface area contributed by atoms with E-state index >= 15 is 0 Å². The van der Waals surface area contributed by atoms with Crippen LogP contribution in [0.3, 0.4) is 0 Å². The predicted molar refractivity (Wildman–Crippen MR) is 166 cm³/mol. The molecule has 0 bridgehead atoms. The summed E-state index contributed by atoms with van der Waals surface area (Å²) < 4.78 is 18.3. The quantitative estimate of drug-likeness (QED) is 0.147. The first-order valence-corrected chi connectivity index (χ1v) is 15.2. The Balaban J connectivity index is 0.00000187. The lowest BCUT2D eigenvalue weighted by Crippen LogP contribution is -2.47. The van der Waals surface area contributed by atoms with E-state index in [2.05, 4.69) is 79.7 Å². The van der Waals surface area contributed by atoms with Gasteiger partial charge < -0.3 is 18.9 Å². The lowest BCUT2D eigenvalue weighted by atomic mass is 9.62. The minimum atomic E-state index is -0.504. The summed E-state index contributed by atoms with van der Waals surface area (Å²) in [5, 5.41) is 5.40. The highest BCUT2D eigenvalue weighted by Gasteiger charge is 2.50. The maximum Gasteiger partial charge on any atom is 0.457 e. The van der Waals surface area contributed by atoms with E-state index in [1.54, 1.807) is 0 Å². The smallest absolute Gasteiger partial charge is 0.444 e. The van der Waals surface area contributed by atoms with Crippen LogP contribution < -0.4 is 0 Å². The highest BCUT2D eigenvalue weighted by Crippen LogP contribution is 2.47. The van der Waals surface area contributed by atoms with E-state index in [9.17, 15) is 4.79 Å². The van der Waals surface area contributed by atoms with Crippen molar-refractivity contribution >= 4 is 19.3 Å². The molecule has 7 nitrogen and oxygen atoms in total. The van der Waals surface area contributed by atoms with E-state index in [4.69, 9.17) is 24.2 Å². The van der Waals surface area contributed by atoms with Crippen LogP contribution in [0.1, 0.15) is 119 Å². The van der Waals surface area contributed by atoms with E-state index in [0.717, 1.165) is 50.9 Å². The summed E-state index contributed by atoms with van der Waals surface area (Å²) in [6.45, 7) is 24.5. The average molecular weight is 571 g/mol. The summed E-state index contributed by atoms with van der Waals surface area (Å²) in [7, 11) is -0.120. The number of carbonyl (C=O) groups is 1. The Hall–Kier alpha value is -2.15. The first-order chi connectivity index (χ1) is 18.8. The number of ether oxygens (including phenoxy) is 1. The number of hydrogen-bond acceptors (Lipinski definition) is 6. The molecule has 8 heteroatoms. The summed E-state index contributed by atoms with van der Waals surface area (Å²) >= 11 is 0. The molecule has 0 radical (unpaired) electrons. The Morgan fingerprint density at radius 1 is 1.00 bits per heavy atom. The molecule has 1 aromatic carbocycles. The first kappa shape index (κ1) is 35.1. The molecule has 0 saturated carbocycles. The summed E-state index contributed by atoms with van der Waals surface area (Å²) in [5.41, 5.74) is 1.86. The molecule has 2 aliphatic rings. The van der Waals surface area contributed by atoms with Crippen LogP contribution in [0.4, 0.5) is 4.79 Å². The third-order valence-corrected chi connectivity index (χ3v) is 9.54. The van der Waals surface area contributed by atoms with E-state index < -0.39 is 5.60 Å². The number of benzene rings is 1. The molecular formula is C33H55BN2O5. The molecule has 1 aromatic rings. The molecule has 230 valence electrons. The topological polar surface area (TPSA) is 88.9 Å². The van der Waals surface area contributed by atoms with Crippen molar-refractivity contribution in [3.63, 3.8) is 0 Å². The number of carbonyl (C=O) groups excluding carboxylic acids is 2. The molecule has 1 amide bonds. The lowest BCUT2D eigenvalue weighted by molar-refractivity contribution is 0.00578. The Labute approximate surface area is 249 Å². The molecule has 1 saturated heterocycles.